The van der Waals surface area contributed by atoms with Crippen molar-refractivity contribution in [2.24, 2.45) is 0 Å². The fraction of sp³-hybridized carbons (Fsp3) is 0.0769. The minimum atomic E-state index is 0.296. The van der Waals surface area contributed by atoms with Crippen LogP contribution in [0.15, 0.2) is 30.6 Å². The zero-order valence-electron chi connectivity index (χ0n) is 10.2. The van der Waals surface area contributed by atoms with Crippen molar-refractivity contribution in [1.29, 1.82) is 10.7 Å². The zero-order valence-corrected chi connectivity index (χ0v) is 10.2. The van der Waals surface area contributed by atoms with Gasteiger partial charge in [-0.1, -0.05) is 0 Å². The Morgan fingerprint density at radius 2 is 2.26 bits per heavy atom. The molecule has 0 bridgehead atoms. The van der Waals surface area contributed by atoms with Crippen LogP contribution in [0, 0.1) is 16.7 Å². The summed E-state index contributed by atoms with van der Waals surface area (Å²) in [6, 6.07) is 5.39. The maximum absolute atomic E-state index is 8.65. The van der Waals surface area contributed by atoms with E-state index < -0.39 is 0 Å². The molecular weight excluding hydrogens is 242 g/mol. The van der Waals surface area contributed by atoms with Crippen molar-refractivity contribution in [3.8, 4) is 11.9 Å². The van der Waals surface area contributed by atoms with Crippen LogP contribution >= 0.6 is 0 Å². The summed E-state index contributed by atoms with van der Waals surface area (Å²) in [6.45, 7) is 0. The van der Waals surface area contributed by atoms with Crippen molar-refractivity contribution in [1.82, 2.24) is 15.0 Å². The van der Waals surface area contributed by atoms with Crippen molar-refractivity contribution in [2.75, 3.05) is 7.11 Å². The number of nitriles is 1. The molecule has 2 N–H and O–H groups in total. The molecule has 0 aliphatic rings. The predicted octanol–water partition coefficient (Wildman–Crippen LogP) is 1.77. The van der Waals surface area contributed by atoms with Crippen LogP contribution in [0.1, 0.15) is 17.1 Å². The fourth-order valence-electron chi connectivity index (χ4n) is 1.40. The van der Waals surface area contributed by atoms with Gasteiger partial charge in [0.1, 0.15) is 17.6 Å². The SMILES string of the molecule is COc1ccc(C(=N)/C=C\c2ncc(C#N)[nH]2)cn1. The first kappa shape index (κ1) is 12.5. The number of nitrogens with zero attached hydrogens (tertiary/aromatic N) is 3. The van der Waals surface area contributed by atoms with Crippen LogP contribution in [0.4, 0.5) is 0 Å². The zero-order chi connectivity index (χ0) is 13.7. The van der Waals surface area contributed by atoms with Crippen LogP contribution < -0.4 is 4.74 Å². The van der Waals surface area contributed by atoms with E-state index in [1.165, 1.54) is 13.3 Å². The van der Waals surface area contributed by atoms with Crippen molar-refractivity contribution in [3.63, 3.8) is 0 Å². The van der Waals surface area contributed by atoms with Gasteiger partial charge in [0, 0.05) is 17.8 Å². The van der Waals surface area contributed by atoms with Gasteiger partial charge in [-0.3, -0.25) is 0 Å². The molecule has 94 valence electrons. The van der Waals surface area contributed by atoms with E-state index >= 15 is 0 Å². The van der Waals surface area contributed by atoms with Gasteiger partial charge in [0.2, 0.25) is 5.88 Å². The van der Waals surface area contributed by atoms with E-state index in [0.717, 1.165) is 0 Å². The lowest BCUT2D eigenvalue weighted by molar-refractivity contribution is 0.398. The summed E-state index contributed by atoms with van der Waals surface area (Å²) in [7, 11) is 1.54. The maximum atomic E-state index is 8.65. The van der Waals surface area contributed by atoms with E-state index in [0.29, 0.717) is 28.7 Å². The normalized spacial score (nSPS) is 10.3. The average molecular weight is 253 g/mol. The van der Waals surface area contributed by atoms with Gasteiger partial charge in [0.15, 0.2) is 0 Å². The molecule has 2 aromatic heterocycles. The molecule has 0 saturated heterocycles. The molecule has 2 heterocycles. The van der Waals surface area contributed by atoms with E-state index in [9.17, 15) is 0 Å². The number of rotatable bonds is 4. The van der Waals surface area contributed by atoms with Gasteiger partial charge < -0.3 is 15.1 Å². The van der Waals surface area contributed by atoms with Crippen molar-refractivity contribution >= 4 is 11.8 Å². The Hall–Kier alpha value is -2.94. The Morgan fingerprint density at radius 3 is 2.84 bits per heavy atom. The molecule has 6 heteroatoms. The van der Waals surface area contributed by atoms with Gasteiger partial charge in [-0.15, -0.1) is 0 Å². The van der Waals surface area contributed by atoms with Gasteiger partial charge in [-0.25, -0.2) is 9.97 Å². The second kappa shape index (κ2) is 5.60. The van der Waals surface area contributed by atoms with Crippen LogP contribution in [0.25, 0.3) is 6.08 Å². The summed E-state index contributed by atoms with van der Waals surface area (Å²) in [4.78, 5) is 10.8. The molecule has 0 unspecified atom stereocenters. The molecule has 0 spiro atoms. The van der Waals surface area contributed by atoms with Gasteiger partial charge >= 0.3 is 0 Å². The number of H-pyrrole nitrogens is 1. The van der Waals surface area contributed by atoms with Crippen LogP contribution in [-0.2, 0) is 0 Å². The number of hydrogen-bond acceptors (Lipinski definition) is 5. The molecular formula is C13H11N5O. The first-order valence-corrected chi connectivity index (χ1v) is 5.45. The molecule has 0 aromatic carbocycles. The van der Waals surface area contributed by atoms with E-state index in [4.69, 9.17) is 15.4 Å². The molecule has 2 rings (SSSR count). The number of aromatic nitrogens is 3. The number of hydrogen-bond donors (Lipinski definition) is 2. The Morgan fingerprint density at radius 1 is 1.42 bits per heavy atom. The smallest absolute Gasteiger partial charge is 0.212 e. The largest absolute Gasteiger partial charge is 0.481 e. The molecule has 0 fully saturated rings. The minimum absolute atomic E-state index is 0.296. The maximum Gasteiger partial charge on any atom is 0.212 e. The summed E-state index contributed by atoms with van der Waals surface area (Å²) >= 11 is 0. The average Bonchev–Trinajstić information content (AvgIpc) is 2.93. The van der Waals surface area contributed by atoms with Gasteiger partial charge in [-0.05, 0) is 18.2 Å². The summed E-state index contributed by atoms with van der Waals surface area (Å²) in [5.74, 6) is 1.04. The molecule has 6 nitrogen and oxygen atoms in total. The number of nitrogens with one attached hydrogen (secondary N) is 2. The molecule has 0 amide bonds. The van der Waals surface area contributed by atoms with Crippen LogP contribution in [-0.4, -0.2) is 27.8 Å². The third-order valence-corrected chi connectivity index (χ3v) is 2.38. The highest BCUT2D eigenvalue weighted by molar-refractivity contribution is 6.08. The quantitative estimate of drug-likeness (QED) is 0.811. The summed E-state index contributed by atoms with van der Waals surface area (Å²) in [5.41, 5.74) is 1.35. The Labute approximate surface area is 109 Å². The van der Waals surface area contributed by atoms with E-state index in [2.05, 4.69) is 15.0 Å². The Kier molecular flexibility index (Phi) is 3.69. The first-order valence-electron chi connectivity index (χ1n) is 5.45. The molecule has 0 aliphatic heterocycles. The lowest BCUT2D eigenvalue weighted by Crippen LogP contribution is -1.96. The number of allylic oxidation sites excluding steroid dienone is 1. The molecule has 0 saturated carbocycles. The second-order valence-electron chi connectivity index (χ2n) is 3.63. The fourth-order valence-corrected chi connectivity index (χ4v) is 1.40. The second-order valence-corrected chi connectivity index (χ2v) is 3.63. The van der Waals surface area contributed by atoms with Crippen LogP contribution in [0.5, 0.6) is 5.88 Å². The summed E-state index contributed by atoms with van der Waals surface area (Å²) in [5, 5.41) is 16.5. The topological polar surface area (TPSA) is 98.4 Å². The monoisotopic (exact) mass is 253 g/mol. The Bertz CT molecular complexity index is 648. The molecule has 0 atom stereocenters. The lowest BCUT2D eigenvalue weighted by Gasteiger charge is -2.00. The molecule has 0 aliphatic carbocycles. The van der Waals surface area contributed by atoms with Crippen LogP contribution in [0.2, 0.25) is 0 Å². The van der Waals surface area contributed by atoms with Gasteiger partial charge in [-0.2, -0.15) is 5.26 Å². The predicted molar refractivity (Wildman–Crippen MR) is 70.0 cm³/mol. The van der Waals surface area contributed by atoms with Gasteiger partial charge in [0.05, 0.1) is 19.0 Å². The van der Waals surface area contributed by atoms with E-state index in [1.54, 1.807) is 30.5 Å². The lowest BCUT2D eigenvalue weighted by atomic mass is 10.1. The van der Waals surface area contributed by atoms with E-state index in [-0.39, 0.29) is 0 Å². The third kappa shape index (κ3) is 3.04. The minimum Gasteiger partial charge on any atom is -0.481 e. The highest BCUT2D eigenvalue weighted by Gasteiger charge is 2.00. The number of aromatic amines is 1. The van der Waals surface area contributed by atoms with Crippen molar-refractivity contribution in [2.45, 2.75) is 0 Å². The molecule has 2 aromatic rings. The number of methoxy groups -OCH3 is 1. The highest BCUT2D eigenvalue weighted by atomic mass is 16.5. The third-order valence-electron chi connectivity index (χ3n) is 2.38. The standard InChI is InChI=1S/C13H11N5O/c1-19-13-5-2-9(7-17-13)11(15)3-4-12-16-8-10(6-14)18-12/h2-5,7-8,15H,1H3,(H,16,18)/b4-3-,15-11?. The van der Waals surface area contributed by atoms with Crippen LogP contribution in [0.3, 0.4) is 0 Å². The molecule has 19 heavy (non-hydrogen) atoms. The summed E-state index contributed by atoms with van der Waals surface area (Å²) in [6.07, 6.45) is 6.23. The first-order chi connectivity index (χ1) is 9.22. The van der Waals surface area contributed by atoms with Crippen molar-refractivity contribution in [3.05, 3.63) is 47.7 Å². The number of pyridine rings is 1. The van der Waals surface area contributed by atoms with Crippen molar-refractivity contribution < 1.29 is 4.74 Å². The Balaban J connectivity index is 2.09. The highest BCUT2D eigenvalue weighted by Crippen LogP contribution is 2.08. The summed E-state index contributed by atoms with van der Waals surface area (Å²) < 4.78 is 4.95. The van der Waals surface area contributed by atoms with E-state index in [1.807, 2.05) is 6.07 Å². The molecule has 0 radical (unpaired) electrons. The number of ether oxygens (including phenoxy) is 1. The van der Waals surface area contributed by atoms with Gasteiger partial charge in [0.25, 0.3) is 0 Å². The number of imidazole rings is 1.